The fraction of sp³-hybridized carbons (Fsp3) is 0.400. The van der Waals surface area contributed by atoms with E-state index >= 15 is 0 Å². The standard InChI is InChI=1S/C15H19NO7/c1-15(2,3)23-14(21)16-9-5-8(6-10(17)13(19)20)7-11(22-4)12(9)18/h5,7,18H,6H2,1-4H3,(H,16,21)(H,19,20). The minimum atomic E-state index is -1.57. The third kappa shape index (κ3) is 5.50. The van der Waals surface area contributed by atoms with Crippen LogP contribution in [0.3, 0.4) is 0 Å². The number of hydrogen-bond acceptors (Lipinski definition) is 6. The zero-order valence-corrected chi connectivity index (χ0v) is 13.3. The molecule has 23 heavy (non-hydrogen) atoms. The van der Waals surface area contributed by atoms with E-state index in [9.17, 15) is 19.5 Å². The maximum absolute atomic E-state index is 11.8. The number of methoxy groups -OCH3 is 1. The quantitative estimate of drug-likeness (QED) is 0.558. The van der Waals surface area contributed by atoms with Crippen LogP contribution < -0.4 is 10.1 Å². The smallest absolute Gasteiger partial charge is 0.412 e. The van der Waals surface area contributed by atoms with Gasteiger partial charge in [-0.25, -0.2) is 9.59 Å². The fourth-order valence-electron chi connectivity index (χ4n) is 1.69. The molecule has 0 unspecified atom stereocenters. The average Bonchev–Trinajstić information content (AvgIpc) is 2.39. The molecule has 0 saturated carbocycles. The summed E-state index contributed by atoms with van der Waals surface area (Å²) in [4.78, 5) is 33.7. The van der Waals surface area contributed by atoms with E-state index in [1.807, 2.05) is 0 Å². The highest BCUT2D eigenvalue weighted by Gasteiger charge is 2.20. The second-order valence-electron chi connectivity index (χ2n) is 5.73. The number of rotatable bonds is 5. The molecule has 126 valence electrons. The largest absolute Gasteiger partial charge is 0.503 e. The number of ether oxygens (including phenoxy) is 2. The highest BCUT2D eigenvalue weighted by Crippen LogP contribution is 2.36. The number of benzene rings is 1. The van der Waals surface area contributed by atoms with Gasteiger partial charge in [0.2, 0.25) is 5.78 Å². The van der Waals surface area contributed by atoms with Gasteiger partial charge in [0.05, 0.1) is 12.8 Å². The predicted octanol–water partition coefficient (Wildman–Crippen LogP) is 1.94. The summed E-state index contributed by atoms with van der Waals surface area (Å²) in [7, 11) is 1.29. The number of hydrogen-bond donors (Lipinski definition) is 3. The Morgan fingerprint density at radius 2 is 1.83 bits per heavy atom. The van der Waals surface area contributed by atoms with Crippen LogP contribution in [0, 0.1) is 0 Å². The zero-order valence-electron chi connectivity index (χ0n) is 13.3. The normalized spacial score (nSPS) is 10.8. The van der Waals surface area contributed by atoms with Crippen LogP contribution in [-0.2, 0) is 20.7 Å². The number of carbonyl (C=O) groups excluding carboxylic acids is 2. The molecule has 1 aromatic carbocycles. The van der Waals surface area contributed by atoms with E-state index in [0.29, 0.717) is 0 Å². The first-order chi connectivity index (χ1) is 10.5. The third-order valence-corrected chi connectivity index (χ3v) is 2.59. The first-order valence-corrected chi connectivity index (χ1v) is 6.69. The Balaban J connectivity index is 3.08. The molecule has 1 rings (SSSR count). The van der Waals surface area contributed by atoms with Crippen molar-refractivity contribution in [3.63, 3.8) is 0 Å². The van der Waals surface area contributed by atoms with Gasteiger partial charge in [0.25, 0.3) is 0 Å². The molecule has 0 atom stereocenters. The summed E-state index contributed by atoms with van der Waals surface area (Å²) in [5, 5.41) is 21.0. The van der Waals surface area contributed by atoms with E-state index in [1.54, 1.807) is 20.8 Å². The van der Waals surface area contributed by atoms with Crippen LogP contribution in [0.25, 0.3) is 0 Å². The van der Waals surface area contributed by atoms with Crippen molar-refractivity contribution >= 4 is 23.5 Å². The molecule has 0 bridgehead atoms. The molecule has 1 amide bonds. The molecule has 8 nitrogen and oxygen atoms in total. The lowest BCUT2D eigenvalue weighted by Crippen LogP contribution is -2.27. The average molecular weight is 325 g/mol. The van der Waals surface area contributed by atoms with Crippen molar-refractivity contribution in [1.29, 1.82) is 0 Å². The van der Waals surface area contributed by atoms with Gasteiger partial charge in [-0.1, -0.05) is 0 Å². The summed E-state index contributed by atoms with van der Waals surface area (Å²) < 4.78 is 10.0. The molecule has 0 spiro atoms. The number of ketones is 1. The molecular formula is C15H19NO7. The van der Waals surface area contributed by atoms with Crippen LogP contribution in [0.5, 0.6) is 11.5 Å². The maximum Gasteiger partial charge on any atom is 0.412 e. The van der Waals surface area contributed by atoms with Gasteiger partial charge in [0.1, 0.15) is 5.60 Å². The predicted molar refractivity (Wildman–Crippen MR) is 80.9 cm³/mol. The van der Waals surface area contributed by atoms with Gasteiger partial charge in [0.15, 0.2) is 11.5 Å². The van der Waals surface area contributed by atoms with Gasteiger partial charge in [-0.3, -0.25) is 10.1 Å². The van der Waals surface area contributed by atoms with Gasteiger partial charge >= 0.3 is 12.1 Å². The van der Waals surface area contributed by atoms with Crippen molar-refractivity contribution in [1.82, 2.24) is 0 Å². The Morgan fingerprint density at radius 3 is 2.30 bits per heavy atom. The molecule has 0 aliphatic rings. The van der Waals surface area contributed by atoms with Gasteiger partial charge in [-0.15, -0.1) is 0 Å². The van der Waals surface area contributed by atoms with Crippen LogP contribution >= 0.6 is 0 Å². The van der Waals surface area contributed by atoms with Crippen LogP contribution in [-0.4, -0.2) is 40.8 Å². The second-order valence-corrected chi connectivity index (χ2v) is 5.73. The molecule has 0 fully saturated rings. The maximum atomic E-state index is 11.8. The lowest BCUT2D eigenvalue weighted by Gasteiger charge is -2.20. The molecule has 0 radical (unpaired) electrons. The van der Waals surface area contributed by atoms with Crippen LogP contribution in [0.4, 0.5) is 10.5 Å². The molecule has 1 aromatic rings. The first-order valence-electron chi connectivity index (χ1n) is 6.69. The van der Waals surface area contributed by atoms with Crippen molar-refractivity contribution in [2.45, 2.75) is 32.8 Å². The van der Waals surface area contributed by atoms with E-state index < -0.39 is 29.9 Å². The van der Waals surface area contributed by atoms with Crippen molar-refractivity contribution < 1.29 is 34.1 Å². The van der Waals surface area contributed by atoms with Gasteiger partial charge < -0.3 is 19.7 Å². The number of phenolic OH excluding ortho intramolecular Hbond substituents is 1. The van der Waals surface area contributed by atoms with Crippen LogP contribution in [0.2, 0.25) is 0 Å². The van der Waals surface area contributed by atoms with Crippen molar-refractivity contribution in [3.05, 3.63) is 17.7 Å². The number of carboxylic acids is 1. The molecule has 8 heteroatoms. The van der Waals surface area contributed by atoms with Crippen molar-refractivity contribution in [2.24, 2.45) is 0 Å². The number of phenols is 1. The summed E-state index contributed by atoms with van der Waals surface area (Å²) in [6, 6.07) is 2.60. The van der Waals surface area contributed by atoms with E-state index in [2.05, 4.69) is 5.32 Å². The molecule has 0 heterocycles. The van der Waals surface area contributed by atoms with E-state index in [0.717, 1.165) is 0 Å². The molecule has 3 N–H and O–H groups in total. The molecule has 0 aliphatic heterocycles. The topological polar surface area (TPSA) is 122 Å². The highest BCUT2D eigenvalue weighted by molar-refractivity contribution is 6.33. The number of Topliss-reactive ketones (excluding diaryl/α,β-unsaturated/α-hetero) is 1. The Labute approximate surface area is 133 Å². The van der Waals surface area contributed by atoms with Crippen LogP contribution in [0.1, 0.15) is 26.3 Å². The van der Waals surface area contributed by atoms with E-state index in [-0.39, 0.29) is 22.7 Å². The summed E-state index contributed by atoms with van der Waals surface area (Å²) >= 11 is 0. The number of carbonyl (C=O) groups is 3. The number of aliphatic carboxylic acids is 1. The van der Waals surface area contributed by atoms with Gasteiger partial charge in [-0.05, 0) is 38.5 Å². The Hall–Kier alpha value is -2.77. The third-order valence-electron chi connectivity index (χ3n) is 2.59. The van der Waals surface area contributed by atoms with Gasteiger partial charge in [-0.2, -0.15) is 0 Å². The number of carboxylic acid groups (broad SMARTS) is 1. The summed E-state index contributed by atoms with van der Waals surface area (Å²) in [6.45, 7) is 5.03. The molecule has 0 aromatic heterocycles. The fourth-order valence-corrected chi connectivity index (χ4v) is 1.69. The lowest BCUT2D eigenvalue weighted by molar-refractivity contribution is -0.148. The second kappa shape index (κ2) is 6.99. The van der Waals surface area contributed by atoms with Crippen LogP contribution in [0.15, 0.2) is 12.1 Å². The first kappa shape index (κ1) is 18.3. The Kier molecular flexibility index (Phi) is 5.56. The number of aromatic hydroxyl groups is 1. The highest BCUT2D eigenvalue weighted by atomic mass is 16.6. The minimum Gasteiger partial charge on any atom is -0.503 e. The SMILES string of the molecule is COc1cc(CC(=O)C(=O)O)cc(NC(=O)OC(C)(C)C)c1O. The van der Waals surface area contributed by atoms with Crippen molar-refractivity contribution in [2.75, 3.05) is 12.4 Å². The van der Waals surface area contributed by atoms with Crippen molar-refractivity contribution in [3.8, 4) is 11.5 Å². The molecule has 0 aliphatic carbocycles. The lowest BCUT2D eigenvalue weighted by atomic mass is 10.1. The monoisotopic (exact) mass is 325 g/mol. The molecular weight excluding hydrogens is 306 g/mol. The number of amides is 1. The molecule has 0 saturated heterocycles. The van der Waals surface area contributed by atoms with E-state index in [4.69, 9.17) is 14.6 Å². The summed E-state index contributed by atoms with van der Waals surface area (Å²) in [6.07, 6.45) is -1.22. The number of anilines is 1. The Bertz CT molecular complexity index is 631. The minimum absolute atomic E-state index is 0.00764. The zero-order chi connectivity index (χ0) is 17.8. The summed E-state index contributed by atoms with van der Waals surface area (Å²) in [5.41, 5.74) is -0.523. The number of nitrogens with one attached hydrogen (secondary N) is 1. The Morgan fingerprint density at radius 1 is 1.22 bits per heavy atom. The van der Waals surface area contributed by atoms with E-state index in [1.165, 1.54) is 19.2 Å². The summed E-state index contributed by atoms with van der Waals surface area (Å²) in [5.74, 6) is -2.96. The van der Waals surface area contributed by atoms with Gasteiger partial charge in [0, 0.05) is 6.42 Å².